The molecule has 1 aliphatic rings. The summed E-state index contributed by atoms with van der Waals surface area (Å²) in [6.45, 7) is 9.25. The van der Waals surface area contributed by atoms with Crippen LogP contribution >= 0.6 is 0 Å². The van der Waals surface area contributed by atoms with Crippen molar-refractivity contribution in [2.75, 3.05) is 25.1 Å². The summed E-state index contributed by atoms with van der Waals surface area (Å²) in [5.41, 5.74) is 3.75. The molecule has 3 rings (SSSR count). The molecule has 0 spiro atoms. The number of anilines is 1. The van der Waals surface area contributed by atoms with Gasteiger partial charge in [-0.15, -0.1) is 0 Å². The fourth-order valence-corrected chi connectivity index (χ4v) is 2.90. The average Bonchev–Trinajstić information content (AvgIpc) is 3.45. The summed E-state index contributed by atoms with van der Waals surface area (Å²) in [6, 6.07) is 17.2. The molecule has 0 saturated carbocycles. The molecule has 0 amide bonds. The Kier molecular flexibility index (Phi) is 5.64. The topological polar surface area (TPSA) is 33.8 Å². The Bertz CT molecular complexity index is 657. The normalized spacial score (nSPS) is 16.5. The van der Waals surface area contributed by atoms with E-state index in [1.165, 1.54) is 29.7 Å². The third-order valence-electron chi connectivity index (χ3n) is 4.88. The predicted octanol–water partition coefficient (Wildman–Crippen LogP) is 5.00. The van der Waals surface area contributed by atoms with Gasteiger partial charge in [0.25, 0.3) is 0 Å². The molecule has 0 aliphatic carbocycles. The summed E-state index contributed by atoms with van der Waals surface area (Å²) in [6.07, 6.45) is 2.71. The van der Waals surface area contributed by atoms with Gasteiger partial charge in [-0.05, 0) is 41.8 Å². The van der Waals surface area contributed by atoms with E-state index < -0.39 is 0 Å². The van der Waals surface area contributed by atoms with Crippen LogP contribution < -0.4 is 10.1 Å². The van der Waals surface area contributed by atoms with Crippen molar-refractivity contribution in [1.29, 1.82) is 0 Å². The zero-order valence-corrected chi connectivity index (χ0v) is 15.5. The maximum atomic E-state index is 5.73. The number of rotatable bonds is 9. The second-order valence-corrected chi connectivity index (χ2v) is 7.27. The van der Waals surface area contributed by atoms with Crippen LogP contribution in [-0.2, 0) is 10.2 Å². The van der Waals surface area contributed by atoms with Gasteiger partial charge in [-0.3, -0.25) is 0 Å². The first-order valence-electron chi connectivity index (χ1n) is 9.29. The molecule has 1 aliphatic heterocycles. The van der Waals surface area contributed by atoms with Crippen molar-refractivity contribution >= 4 is 5.69 Å². The maximum absolute atomic E-state index is 5.73. The molecule has 1 fully saturated rings. The van der Waals surface area contributed by atoms with Crippen LogP contribution in [-0.4, -0.2) is 25.9 Å². The molecule has 1 unspecified atom stereocenters. The Morgan fingerprint density at radius 1 is 1.04 bits per heavy atom. The quantitative estimate of drug-likeness (QED) is 0.515. The molecule has 3 nitrogen and oxygen atoms in total. The minimum absolute atomic E-state index is 0.0416. The third kappa shape index (κ3) is 4.76. The molecule has 0 aromatic heterocycles. The van der Waals surface area contributed by atoms with Crippen molar-refractivity contribution in [2.24, 2.45) is 0 Å². The van der Waals surface area contributed by atoms with Crippen molar-refractivity contribution in [1.82, 2.24) is 0 Å². The summed E-state index contributed by atoms with van der Waals surface area (Å²) in [5, 5.41) is 3.47. The number of ether oxygens (including phenoxy) is 2. The van der Waals surface area contributed by atoms with Gasteiger partial charge in [0, 0.05) is 17.6 Å². The second-order valence-electron chi connectivity index (χ2n) is 7.27. The van der Waals surface area contributed by atoms with E-state index in [-0.39, 0.29) is 5.41 Å². The van der Waals surface area contributed by atoms with Gasteiger partial charge in [0.05, 0.1) is 6.61 Å². The van der Waals surface area contributed by atoms with Crippen LogP contribution in [0.25, 0.3) is 0 Å². The van der Waals surface area contributed by atoms with Crippen LogP contribution in [0.4, 0.5) is 5.69 Å². The molecule has 1 saturated heterocycles. The highest BCUT2D eigenvalue weighted by atomic mass is 16.6. The fourth-order valence-electron chi connectivity index (χ4n) is 2.90. The van der Waals surface area contributed by atoms with Crippen LogP contribution in [0.1, 0.15) is 44.7 Å². The zero-order chi connectivity index (χ0) is 17.7. The van der Waals surface area contributed by atoms with Crippen molar-refractivity contribution in [2.45, 2.75) is 45.1 Å². The molecule has 1 N–H and O–H groups in total. The van der Waals surface area contributed by atoms with Crippen molar-refractivity contribution in [3.8, 4) is 5.75 Å². The summed E-state index contributed by atoms with van der Waals surface area (Å²) < 4.78 is 10.9. The number of nitrogens with one attached hydrogen (secondary N) is 1. The van der Waals surface area contributed by atoms with E-state index in [0.717, 1.165) is 18.9 Å². The summed E-state index contributed by atoms with van der Waals surface area (Å²) in [5.74, 6) is 0.908. The molecular weight excluding hydrogens is 310 g/mol. The van der Waals surface area contributed by atoms with Gasteiger partial charge in [-0.1, -0.05) is 51.5 Å². The van der Waals surface area contributed by atoms with E-state index in [2.05, 4.69) is 74.6 Å². The van der Waals surface area contributed by atoms with Crippen LogP contribution in [0.5, 0.6) is 5.75 Å². The molecule has 25 heavy (non-hydrogen) atoms. The molecule has 3 heteroatoms. The van der Waals surface area contributed by atoms with Gasteiger partial charge < -0.3 is 14.8 Å². The minimum Gasteiger partial charge on any atom is -0.491 e. The molecule has 1 atom stereocenters. The number of unbranched alkanes of at least 4 members (excludes halogenated alkanes) is 1. The highest BCUT2D eigenvalue weighted by Crippen LogP contribution is 2.33. The fraction of sp³-hybridized carbons (Fsp3) is 0.455. The zero-order valence-electron chi connectivity index (χ0n) is 15.5. The Morgan fingerprint density at radius 3 is 2.20 bits per heavy atom. The molecule has 134 valence electrons. The standard InChI is InChI=1S/C22H29NO2/c1-4-5-14-23-19-10-6-17(7-11-19)22(2,3)18-8-12-20(13-9-18)24-15-21-16-25-21/h6-13,21,23H,4-5,14-16H2,1-3H3. The lowest BCUT2D eigenvalue weighted by molar-refractivity contribution is 0.263. The van der Waals surface area contributed by atoms with Crippen molar-refractivity contribution in [3.63, 3.8) is 0 Å². The number of benzene rings is 2. The first-order valence-corrected chi connectivity index (χ1v) is 9.29. The van der Waals surface area contributed by atoms with Gasteiger partial charge in [0.15, 0.2) is 0 Å². The number of hydrogen-bond acceptors (Lipinski definition) is 3. The SMILES string of the molecule is CCCCNc1ccc(C(C)(C)c2ccc(OCC3CO3)cc2)cc1. The highest BCUT2D eigenvalue weighted by Gasteiger charge is 2.24. The van der Waals surface area contributed by atoms with Gasteiger partial charge in [-0.2, -0.15) is 0 Å². The molecule has 2 aromatic rings. The first-order chi connectivity index (χ1) is 12.1. The lowest BCUT2D eigenvalue weighted by Crippen LogP contribution is -2.18. The Hall–Kier alpha value is -2.00. The lowest BCUT2D eigenvalue weighted by Gasteiger charge is -2.26. The Balaban J connectivity index is 1.64. The first kappa shape index (κ1) is 17.8. The molecule has 0 bridgehead atoms. The van der Waals surface area contributed by atoms with E-state index in [9.17, 15) is 0 Å². The largest absolute Gasteiger partial charge is 0.491 e. The number of hydrogen-bond donors (Lipinski definition) is 1. The smallest absolute Gasteiger partial charge is 0.119 e. The van der Waals surface area contributed by atoms with Gasteiger partial charge in [0.2, 0.25) is 0 Å². The number of epoxide rings is 1. The van der Waals surface area contributed by atoms with Gasteiger partial charge in [-0.25, -0.2) is 0 Å². The molecule has 2 aromatic carbocycles. The van der Waals surface area contributed by atoms with E-state index >= 15 is 0 Å². The summed E-state index contributed by atoms with van der Waals surface area (Å²) in [7, 11) is 0. The van der Waals surface area contributed by atoms with Crippen LogP contribution in [0.3, 0.4) is 0 Å². The van der Waals surface area contributed by atoms with E-state index in [0.29, 0.717) is 12.7 Å². The van der Waals surface area contributed by atoms with E-state index in [4.69, 9.17) is 9.47 Å². The Morgan fingerprint density at radius 2 is 1.64 bits per heavy atom. The maximum Gasteiger partial charge on any atom is 0.119 e. The van der Waals surface area contributed by atoms with Gasteiger partial charge in [0.1, 0.15) is 18.5 Å². The van der Waals surface area contributed by atoms with E-state index in [1.807, 2.05) is 0 Å². The summed E-state index contributed by atoms with van der Waals surface area (Å²) >= 11 is 0. The van der Waals surface area contributed by atoms with E-state index in [1.54, 1.807) is 0 Å². The van der Waals surface area contributed by atoms with Crippen LogP contribution in [0.2, 0.25) is 0 Å². The second kappa shape index (κ2) is 7.92. The summed E-state index contributed by atoms with van der Waals surface area (Å²) in [4.78, 5) is 0. The van der Waals surface area contributed by atoms with Crippen molar-refractivity contribution in [3.05, 3.63) is 59.7 Å². The lowest BCUT2D eigenvalue weighted by atomic mass is 9.78. The Labute approximate surface area is 151 Å². The van der Waals surface area contributed by atoms with Crippen molar-refractivity contribution < 1.29 is 9.47 Å². The third-order valence-corrected chi connectivity index (χ3v) is 4.88. The average molecular weight is 339 g/mol. The monoisotopic (exact) mass is 339 g/mol. The predicted molar refractivity (Wildman–Crippen MR) is 104 cm³/mol. The molecular formula is C22H29NO2. The molecule has 0 radical (unpaired) electrons. The van der Waals surface area contributed by atoms with Gasteiger partial charge >= 0.3 is 0 Å². The van der Waals surface area contributed by atoms with Crippen LogP contribution in [0, 0.1) is 0 Å². The van der Waals surface area contributed by atoms with Crippen LogP contribution in [0.15, 0.2) is 48.5 Å². The minimum atomic E-state index is -0.0416. The highest BCUT2D eigenvalue weighted by molar-refractivity contribution is 5.48. The molecule has 1 heterocycles.